The molecule has 0 bridgehead atoms. The number of aromatic nitrogens is 2. The molecule has 0 aliphatic rings. The molecule has 0 saturated carbocycles. The molecule has 0 aliphatic carbocycles. The largest absolute Gasteiger partial charge is 0.842 e. The summed E-state index contributed by atoms with van der Waals surface area (Å²) in [4.78, 5) is 12.5. The molecule has 2 heterocycles. The molecule has 0 aliphatic heterocycles. The zero-order valence-corrected chi connectivity index (χ0v) is 10.6. The number of hydrogen-bond acceptors (Lipinski definition) is 3. The summed E-state index contributed by atoms with van der Waals surface area (Å²) >= 11 is 7.16. The minimum atomic E-state index is -0.343. The van der Waals surface area contributed by atoms with Gasteiger partial charge in [-0.15, -0.1) is 4.57 Å². The van der Waals surface area contributed by atoms with Crippen LogP contribution in [0.3, 0.4) is 0 Å². The van der Waals surface area contributed by atoms with E-state index in [0.717, 1.165) is 6.07 Å². The van der Waals surface area contributed by atoms with E-state index < -0.39 is 0 Å². The van der Waals surface area contributed by atoms with E-state index in [4.69, 9.17) is 11.6 Å². The number of benzene rings is 1. The third-order valence-corrected chi connectivity index (χ3v) is 3.67. The van der Waals surface area contributed by atoms with Crippen molar-refractivity contribution in [1.82, 2.24) is 4.57 Å². The third-order valence-electron chi connectivity index (χ3n) is 2.57. The van der Waals surface area contributed by atoms with Crippen molar-refractivity contribution in [3.63, 3.8) is 0 Å². The van der Waals surface area contributed by atoms with Gasteiger partial charge in [-0.25, -0.2) is 9.20 Å². The van der Waals surface area contributed by atoms with Gasteiger partial charge in [0.1, 0.15) is 11.9 Å². The maximum Gasteiger partial charge on any atom is 0.353 e. The Hall–Kier alpha value is -1.85. The Morgan fingerprint density at radius 2 is 2.00 bits per heavy atom. The molecule has 3 aromatic rings. The van der Waals surface area contributed by atoms with Crippen molar-refractivity contribution < 1.29 is 9.51 Å². The Morgan fingerprint density at radius 1 is 1.28 bits per heavy atom. The van der Waals surface area contributed by atoms with E-state index in [1.165, 1.54) is 20.3 Å². The van der Waals surface area contributed by atoms with E-state index in [0.29, 0.717) is 15.7 Å². The second-order valence-corrected chi connectivity index (χ2v) is 5.00. The van der Waals surface area contributed by atoms with Crippen LogP contribution in [0.2, 0.25) is 5.02 Å². The van der Waals surface area contributed by atoms with Crippen molar-refractivity contribution in [3.05, 3.63) is 57.3 Å². The third kappa shape index (κ3) is 1.68. The highest BCUT2D eigenvalue weighted by atomic mass is 35.5. The van der Waals surface area contributed by atoms with E-state index in [1.54, 1.807) is 35.8 Å². The van der Waals surface area contributed by atoms with Crippen LogP contribution < -0.4 is 15.1 Å². The van der Waals surface area contributed by atoms with Crippen LogP contribution in [0.5, 0.6) is 5.88 Å². The molecular weight excluding hydrogens is 272 g/mol. The molecule has 0 radical (unpaired) electrons. The summed E-state index contributed by atoms with van der Waals surface area (Å²) in [5, 5.41) is 14.0. The maximum absolute atomic E-state index is 12.0. The van der Waals surface area contributed by atoms with E-state index >= 15 is 0 Å². The monoisotopic (exact) mass is 278 g/mol. The zero-order valence-electron chi connectivity index (χ0n) is 9.04. The van der Waals surface area contributed by atoms with Crippen LogP contribution in [0.15, 0.2) is 46.7 Å². The maximum atomic E-state index is 12.0. The molecule has 0 unspecified atom stereocenters. The number of halogens is 1. The SMILES string of the molecule is O=c1cc([O-])[n+]2ccsc2n1-c1ccc(Cl)cc1. The summed E-state index contributed by atoms with van der Waals surface area (Å²) in [6.07, 6.45) is 1.65. The highest BCUT2D eigenvalue weighted by Gasteiger charge is 2.15. The van der Waals surface area contributed by atoms with Gasteiger partial charge in [-0.3, -0.25) is 0 Å². The van der Waals surface area contributed by atoms with Crippen molar-refractivity contribution in [1.29, 1.82) is 0 Å². The molecule has 90 valence electrons. The summed E-state index contributed by atoms with van der Waals surface area (Å²) in [5.74, 6) is -0.318. The number of fused-ring (bicyclic) bond motifs is 1. The van der Waals surface area contributed by atoms with Crippen molar-refractivity contribution in [3.8, 4) is 11.6 Å². The van der Waals surface area contributed by atoms with Crippen molar-refractivity contribution in [2.24, 2.45) is 0 Å². The first-order valence-corrected chi connectivity index (χ1v) is 6.40. The number of hydrogen-bond donors (Lipinski definition) is 0. The van der Waals surface area contributed by atoms with Gasteiger partial charge in [0, 0.05) is 10.4 Å². The lowest BCUT2D eigenvalue weighted by Gasteiger charge is -2.05. The van der Waals surface area contributed by atoms with Crippen LogP contribution in [-0.2, 0) is 0 Å². The van der Waals surface area contributed by atoms with Crippen LogP contribution in [-0.4, -0.2) is 4.57 Å². The highest BCUT2D eigenvalue weighted by Crippen LogP contribution is 2.15. The highest BCUT2D eigenvalue weighted by molar-refractivity contribution is 7.14. The quantitative estimate of drug-likeness (QED) is 0.631. The summed E-state index contributed by atoms with van der Waals surface area (Å²) in [7, 11) is 0. The summed E-state index contributed by atoms with van der Waals surface area (Å²) in [6.45, 7) is 0. The summed E-state index contributed by atoms with van der Waals surface area (Å²) in [6, 6.07) is 7.98. The molecule has 6 heteroatoms. The molecule has 18 heavy (non-hydrogen) atoms. The fourth-order valence-corrected chi connectivity index (χ4v) is 2.76. The molecule has 2 aromatic heterocycles. The minimum absolute atomic E-state index is 0.318. The van der Waals surface area contributed by atoms with Crippen LogP contribution in [0.25, 0.3) is 10.6 Å². The second-order valence-electron chi connectivity index (χ2n) is 3.69. The lowest BCUT2D eigenvalue weighted by Crippen LogP contribution is -2.33. The van der Waals surface area contributed by atoms with E-state index in [1.807, 2.05) is 0 Å². The van der Waals surface area contributed by atoms with Gasteiger partial charge in [0.05, 0.1) is 11.9 Å². The molecule has 0 saturated heterocycles. The first kappa shape index (κ1) is 11.3. The standard InChI is InChI=1S/C12H7ClN2O2S/c13-8-1-3-9(4-2-8)15-11(17)7-10(16)14-5-6-18-12(14)15/h1-7H. The topological polar surface area (TPSA) is 49.2 Å². The molecule has 0 fully saturated rings. The first-order valence-electron chi connectivity index (χ1n) is 5.15. The average molecular weight is 279 g/mol. The van der Waals surface area contributed by atoms with Crippen molar-refractivity contribution in [2.45, 2.75) is 0 Å². The van der Waals surface area contributed by atoms with Gasteiger partial charge in [-0.05, 0) is 24.3 Å². The van der Waals surface area contributed by atoms with Gasteiger partial charge in [0.2, 0.25) is 0 Å². The van der Waals surface area contributed by atoms with Crippen LogP contribution in [0, 0.1) is 0 Å². The Labute approximate surface area is 111 Å². The fourth-order valence-electron chi connectivity index (χ4n) is 1.76. The number of nitrogens with zero attached hydrogens (tertiary/aromatic N) is 2. The Morgan fingerprint density at radius 3 is 2.72 bits per heavy atom. The van der Waals surface area contributed by atoms with Crippen molar-refractivity contribution in [2.75, 3.05) is 0 Å². The molecule has 0 amide bonds. The molecule has 3 rings (SSSR count). The molecule has 0 spiro atoms. The molecular formula is C12H7ClN2O2S. The van der Waals surface area contributed by atoms with Gasteiger partial charge >= 0.3 is 10.5 Å². The van der Waals surface area contributed by atoms with Gasteiger partial charge < -0.3 is 5.11 Å². The van der Waals surface area contributed by atoms with E-state index in [2.05, 4.69) is 0 Å². The Kier molecular flexibility index (Phi) is 2.57. The average Bonchev–Trinajstić information content (AvgIpc) is 2.81. The fraction of sp³-hybridized carbons (Fsp3) is 0. The minimum Gasteiger partial charge on any atom is -0.842 e. The normalized spacial score (nSPS) is 10.9. The number of thiazole rings is 1. The van der Waals surface area contributed by atoms with Crippen LogP contribution >= 0.6 is 22.9 Å². The molecule has 0 atom stereocenters. The van der Waals surface area contributed by atoms with Crippen molar-refractivity contribution >= 4 is 27.9 Å². The van der Waals surface area contributed by atoms with Gasteiger partial charge in [0.15, 0.2) is 0 Å². The first-order chi connectivity index (χ1) is 8.66. The predicted octanol–water partition coefficient (Wildman–Crippen LogP) is 1.36. The van der Waals surface area contributed by atoms with E-state index in [-0.39, 0.29) is 11.4 Å². The van der Waals surface area contributed by atoms with E-state index in [9.17, 15) is 9.90 Å². The van der Waals surface area contributed by atoms with Crippen LogP contribution in [0.4, 0.5) is 0 Å². The van der Waals surface area contributed by atoms with Gasteiger partial charge in [-0.2, -0.15) is 0 Å². The second kappa shape index (κ2) is 4.12. The molecule has 1 aromatic carbocycles. The lowest BCUT2D eigenvalue weighted by atomic mass is 10.3. The lowest BCUT2D eigenvalue weighted by molar-refractivity contribution is -0.584. The number of rotatable bonds is 1. The predicted molar refractivity (Wildman–Crippen MR) is 67.5 cm³/mol. The zero-order chi connectivity index (χ0) is 12.7. The molecule has 0 N–H and O–H groups in total. The Balaban J connectivity index is 2.38. The molecule has 4 nitrogen and oxygen atoms in total. The van der Waals surface area contributed by atoms with Gasteiger partial charge in [-0.1, -0.05) is 22.9 Å². The summed E-state index contributed by atoms with van der Waals surface area (Å²) < 4.78 is 2.93. The Bertz CT molecular complexity index is 777. The van der Waals surface area contributed by atoms with Crippen LogP contribution in [0.1, 0.15) is 0 Å². The van der Waals surface area contributed by atoms with Gasteiger partial charge in [0.25, 0.3) is 0 Å². The summed E-state index contributed by atoms with van der Waals surface area (Å²) in [5.41, 5.74) is 0.342. The smallest absolute Gasteiger partial charge is 0.353 e.